The van der Waals surface area contributed by atoms with Crippen molar-refractivity contribution in [2.24, 2.45) is 0 Å². The molecule has 0 amide bonds. The van der Waals surface area contributed by atoms with E-state index in [1.54, 1.807) is 12.1 Å². The number of piperazine rings is 2. The highest BCUT2D eigenvalue weighted by Crippen LogP contribution is 2.19. The molecule has 2 aromatic rings. The largest absolute Gasteiger partial charge is 0.369 e. The summed E-state index contributed by atoms with van der Waals surface area (Å²) in [5.74, 6) is 0.462. The number of benzene rings is 1. The minimum atomic E-state index is -3.49. The van der Waals surface area contributed by atoms with Crippen LogP contribution < -0.4 is 10.2 Å². The van der Waals surface area contributed by atoms with Gasteiger partial charge in [-0.25, -0.2) is 17.8 Å². The highest BCUT2D eigenvalue weighted by molar-refractivity contribution is 7.89. The predicted octanol–water partition coefficient (Wildman–Crippen LogP) is 1.39. The third kappa shape index (κ3) is 5.55. The van der Waals surface area contributed by atoms with E-state index in [1.807, 2.05) is 19.2 Å². The Labute approximate surface area is 189 Å². The van der Waals surface area contributed by atoms with Crippen LogP contribution in [0.15, 0.2) is 47.5 Å². The molecule has 1 aromatic carbocycles. The van der Waals surface area contributed by atoms with Crippen molar-refractivity contribution < 1.29 is 12.8 Å². The van der Waals surface area contributed by atoms with E-state index in [1.165, 1.54) is 22.6 Å². The molecule has 0 radical (unpaired) electrons. The first-order valence-electron chi connectivity index (χ1n) is 11.0. The number of sulfonamides is 1. The monoisotopic (exact) mass is 462 g/mol. The number of nitrogens with one attached hydrogen (secondary N) is 1. The smallest absolute Gasteiger partial charge is 0.244 e. The minimum Gasteiger partial charge on any atom is -0.369 e. The quantitative estimate of drug-likeness (QED) is 0.667. The molecule has 0 aliphatic carbocycles. The van der Waals surface area contributed by atoms with Gasteiger partial charge in [0.1, 0.15) is 16.5 Å². The van der Waals surface area contributed by atoms with Gasteiger partial charge in [-0.1, -0.05) is 0 Å². The summed E-state index contributed by atoms with van der Waals surface area (Å²) >= 11 is 0. The van der Waals surface area contributed by atoms with E-state index < -0.39 is 10.0 Å². The second-order valence-corrected chi connectivity index (χ2v) is 10.3. The highest BCUT2D eigenvalue weighted by Gasteiger charge is 2.27. The van der Waals surface area contributed by atoms with E-state index >= 15 is 0 Å². The molecule has 174 valence electrons. The number of halogens is 1. The lowest BCUT2D eigenvalue weighted by Crippen LogP contribution is -2.47. The summed E-state index contributed by atoms with van der Waals surface area (Å²) < 4.78 is 40.2. The van der Waals surface area contributed by atoms with E-state index in [9.17, 15) is 12.8 Å². The van der Waals surface area contributed by atoms with Crippen LogP contribution in [0.1, 0.15) is 0 Å². The Morgan fingerprint density at radius 2 is 1.62 bits per heavy atom. The van der Waals surface area contributed by atoms with Crippen molar-refractivity contribution in [1.29, 1.82) is 0 Å². The van der Waals surface area contributed by atoms with Crippen LogP contribution >= 0.6 is 0 Å². The van der Waals surface area contributed by atoms with Crippen molar-refractivity contribution in [1.82, 2.24) is 19.1 Å². The van der Waals surface area contributed by atoms with Gasteiger partial charge in [-0.15, -0.1) is 0 Å². The van der Waals surface area contributed by atoms with Crippen molar-refractivity contribution in [2.45, 2.75) is 4.90 Å². The average molecular weight is 463 g/mol. The van der Waals surface area contributed by atoms with E-state index in [4.69, 9.17) is 0 Å². The van der Waals surface area contributed by atoms with Gasteiger partial charge in [0, 0.05) is 77.3 Å². The molecule has 10 heteroatoms. The van der Waals surface area contributed by atoms with Gasteiger partial charge in [-0.2, -0.15) is 4.31 Å². The maximum absolute atomic E-state index is 13.1. The topological polar surface area (TPSA) is 72.0 Å². The van der Waals surface area contributed by atoms with Crippen LogP contribution in [0.4, 0.5) is 15.9 Å². The molecule has 2 aliphatic rings. The first-order valence-corrected chi connectivity index (χ1v) is 12.5. The zero-order valence-corrected chi connectivity index (χ0v) is 19.3. The summed E-state index contributed by atoms with van der Waals surface area (Å²) in [4.78, 5) is 11.3. The van der Waals surface area contributed by atoms with Crippen LogP contribution in [0, 0.1) is 5.82 Å². The molecular weight excluding hydrogens is 431 g/mol. The zero-order valence-electron chi connectivity index (χ0n) is 18.5. The van der Waals surface area contributed by atoms with Gasteiger partial charge in [-0.3, -0.25) is 4.90 Å². The van der Waals surface area contributed by atoms with Crippen LogP contribution in [0.3, 0.4) is 0 Å². The number of aromatic nitrogens is 1. The number of pyridine rings is 1. The van der Waals surface area contributed by atoms with Gasteiger partial charge in [0.05, 0.1) is 0 Å². The molecular formula is C22H31FN6O2S. The molecule has 4 rings (SSSR count). The number of likely N-dealkylation sites (N-methyl/N-ethyl adjacent to an activating group) is 1. The fourth-order valence-corrected chi connectivity index (χ4v) is 5.41. The number of rotatable bonds is 7. The lowest BCUT2D eigenvalue weighted by atomic mass is 10.2. The SMILES string of the molecule is CN1CCN(S(=O)(=O)c2ccc(NCCN3CCN(c4ccc(F)cc4)CC3)nc2)CC1. The van der Waals surface area contributed by atoms with Gasteiger partial charge in [0.25, 0.3) is 0 Å². The first-order chi connectivity index (χ1) is 15.4. The lowest BCUT2D eigenvalue weighted by Gasteiger charge is -2.36. The van der Waals surface area contributed by atoms with Crippen LogP contribution in [0.25, 0.3) is 0 Å². The molecule has 0 atom stereocenters. The predicted molar refractivity (Wildman–Crippen MR) is 124 cm³/mol. The Bertz CT molecular complexity index is 970. The maximum atomic E-state index is 13.1. The van der Waals surface area contributed by atoms with E-state index in [-0.39, 0.29) is 10.7 Å². The molecule has 3 heterocycles. The third-order valence-electron chi connectivity index (χ3n) is 6.13. The summed E-state index contributed by atoms with van der Waals surface area (Å²) in [5, 5.41) is 3.28. The van der Waals surface area contributed by atoms with Crippen molar-refractivity contribution in [3.8, 4) is 0 Å². The van der Waals surface area contributed by atoms with Crippen molar-refractivity contribution in [3.63, 3.8) is 0 Å². The molecule has 8 nitrogen and oxygen atoms in total. The minimum absolute atomic E-state index is 0.211. The van der Waals surface area contributed by atoms with Crippen molar-refractivity contribution >= 4 is 21.5 Å². The van der Waals surface area contributed by atoms with Gasteiger partial charge in [0.2, 0.25) is 10.0 Å². The van der Waals surface area contributed by atoms with Gasteiger partial charge < -0.3 is 15.1 Å². The normalized spacial score (nSPS) is 19.2. The molecule has 2 saturated heterocycles. The number of hydrogen-bond acceptors (Lipinski definition) is 7. The Hall–Kier alpha value is -2.27. The molecule has 0 bridgehead atoms. The van der Waals surface area contributed by atoms with Crippen LogP contribution in [-0.4, -0.2) is 100 Å². The second-order valence-electron chi connectivity index (χ2n) is 8.32. The summed E-state index contributed by atoms with van der Waals surface area (Å²) in [6.45, 7) is 7.79. The molecule has 0 saturated carbocycles. The first kappa shape index (κ1) is 22.9. The lowest BCUT2D eigenvalue weighted by molar-refractivity contribution is 0.222. The summed E-state index contributed by atoms with van der Waals surface area (Å²) in [6.07, 6.45) is 1.44. The summed E-state index contributed by atoms with van der Waals surface area (Å²) in [7, 11) is -1.49. The molecule has 0 unspecified atom stereocenters. The third-order valence-corrected chi connectivity index (χ3v) is 8.02. The van der Waals surface area contributed by atoms with Crippen LogP contribution in [0.2, 0.25) is 0 Å². The standard InChI is InChI=1S/C22H31FN6O2S/c1-26-10-16-29(17-11-26)32(30,31)21-6-7-22(25-18-21)24-8-9-27-12-14-28(15-13-27)20-4-2-19(23)3-5-20/h2-7,18H,8-17H2,1H3,(H,24,25). The molecule has 2 aliphatic heterocycles. The summed E-state index contributed by atoms with van der Waals surface area (Å²) in [6, 6.07) is 10.0. The van der Waals surface area contributed by atoms with Crippen LogP contribution in [-0.2, 0) is 10.0 Å². The zero-order chi connectivity index (χ0) is 22.6. The van der Waals surface area contributed by atoms with Crippen LogP contribution in [0.5, 0.6) is 0 Å². The van der Waals surface area contributed by atoms with Crippen molar-refractivity contribution in [2.75, 3.05) is 82.7 Å². The Morgan fingerprint density at radius 3 is 2.25 bits per heavy atom. The van der Waals surface area contributed by atoms with Gasteiger partial charge in [-0.05, 0) is 43.4 Å². The van der Waals surface area contributed by atoms with E-state index in [0.717, 1.165) is 58.0 Å². The second kappa shape index (κ2) is 10.1. The number of anilines is 2. The molecule has 32 heavy (non-hydrogen) atoms. The average Bonchev–Trinajstić information content (AvgIpc) is 2.81. The molecule has 0 spiro atoms. The molecule has 1 N–H and O–H groups in total. The van der Waals surface area contributed by atoms with Gasteiger partial charge in [0.15, 0.2) is 0 Å². The summed E-state index contributed by atoms with van der Waals surface area (Å²) in [5.41, 5.74) is 1.06. The van der Waals surface area contributed by atoms with E-state index in [2.05, 4.69) is 25.0 Å². The Kier molecular flexibility index (Phi) is 7.24. The molecule has 1 aromatic heterocycles. The van der Waals surface area contributed by atoms with E-state index in [0.29, 0.717) is 18.9 Å². The fraction of sp³-hybridized carbons (Fsp3) is 0.500. The Morgan fingerprint density at radius 1 is 0.938 bits per heavy atom. The molecule has 2 fully saturated rings. The fourth-order valence-electron chi connectivity index (χ4n) is 4.04. The van der Waals surface area contributed by atoms with Gasteiger partial charge >= 0.3 is 0 Å². The number of nitrogens with zero attached hydrogens (tertiary/aromatic N) is 5. The number of hydrogen-bond donors (Lipinski definition) is 1. The Balaban J connectivity index is 1.22. The highest BCUT2D eigenvalue weighted by atomic mass is 32.2. The maximum Gasteiger partial charge on any atom is 0.244 e. The van der Waals surface area contributed by atoms with Crippen molar-refractivity contribution in [3.05, 3.63) is 48.4 Å².